The van der Waals surface area contributed by atoms with Gasteiger partial charge in [-0.15, -0.1) is 0 Å². The molecule has 2 fully saturated rings. The first-order chi connectivity index (χ1) is 4.77. The Hall–Kier alpha value is -0.570. The molecule has 2 unspecified atom stereocenters. The number of piperidine rings is 1. The van der Waals surface area contributed by atoms with E-state index in [9.17, 15) is 4.79 Å². The highest BCUT2D eigenvalue weighted by molar-refractivity contribution is 5.71. The summed E-state index contributed by atoms with van der Waals surface area (Å²) in [5, 5.41) is 8.71. The maximum atomic E-state index is 10.6. The molecule has 2 aliphatic heterocycles. The Bertz CT molecular complexity index is 169. The van der Waals surface area contributed by atoms with Gasteiger partial charge in [-0.3, -0.25) is 4.79 Å². The van der Waals surface area contributed by atoms with Crippen LogP contribution in [-0.4, -0.2) is 35.6 Å². The molecule has 2 aliphatic rings. The third-order valence-corrected chi connectivity index (χ3v) is 2.65. The molecule has 1 N–H and O–H groups in total. The molecule has 2 saturated heterocycles. The Morgan fingerprint density at radius 1 is 1.50 bits per heavy atom. The first kappa shape index (κ1) is 6.16. The topological polar surface area (TPSA) is 40.5 Å². The summed E-state index contributed by atoms with van der Waals surface area (Å²) >= 11 is 0. The fourth-order valence-electron chi connectivity index (χ4n) is 2.06. The van der Waals surface area contributed by atoms with E-state index in [1.54, 1.807) is 0 Å². The van der Waals surface area contributed by atoms with Crippen molar-refractivity contribution in [1.29, 1.82) is 0 Å². The van der Waals surface area contributed by atoms with Crippen LogP contribution in [0, 0.1) is 11.8 Å². The minimum atomic E-state index is -0.604. The van der Waals surface area contributed by atoms with Crippen molar-refractivity contribution in [2.45, 2.75) is 6.42 Å². The number of carboxylic acid groups (broad SMARTS) is 1. The fraction of sp³-hybridized carbons (Fsp3) is 0.857. The zero-order chi connectivity index (χ0) is 7.14. The zero-order valence-corrected chi connectivity index (χ0v) is 5.79. The van der Waals surface area contributed by atoms with Gasteiger partial charge in [0.15, 0.2) is 0 Å². The Labute approximate surface area is 59.6 Å². The summed E-state index contributed by atoms with van der Waals surface area (Å²) in [7, 11) is 0. The van der Waals surface area contributed by atoms with E-state index in [1.807, 2.05) is 0 Å². The van der Waals surface area contributed by atoms with Gasteiger partial charge >= 0.3 is 5.97 Å². The van der Waals surface area contributed by atoms with Crippen LogP contribution in [0.5, 0.6) is 0 Å². The standard InChI is InChI=1S/C7H11NO2/c9-7(10)6-4-8-2-1-5(6)3-8/h5-6H,1-4H2,(H,9,10)/t5-,6?/m0/s1. The number of fused-ring (bicyclic) bond motifs is 2. The van der Waals surface area contributed by atoms with Crippen molar-refractivity contribution in [1.82, 2.24) is 4.90 Å². The van der Waals surface area contributed by atoms with E-state index in [1.165, 1.54) is 0 Å². The molecule has 0 aliphatic carbocycles. The molecule has 3 atom stereocenters. The summed E-state index contributed by atoms with van der Waals surface area (Å²) < 4.78 is 0. The molecule has 0 aromatic heterocycles. The van der Waals surface area contributed by atoms with Gasteiger partial charge in [0.1, 0.15) is 0 Å². The molecule has 3 nitrogen and oxygen atoms in total. The van der Waals surface area contributed by atoms with Crippen molar-refractivity contribution in [2.75, 3.05) is 19.6 Å². The van der Waals surface area contributed by atoms with Gasteiger partial charge in [0.05, 0.1) is 5.92 Å². The van der Waals surface area contributed by atoms with E-state index < -0.39 is 5.97 Å². The maximum Gasteiger partial charge on any atom is 0.308 e. The van der Waals surface area contributed by atoms with Gasteiger partial charge in [0, 0.05) is 13.1 Å². The van der Waals surface area contributed by atoms with Crippen LogP contribution in [0.1, 0.15) is 6.42 Å². The molecular formula is C7H11NO2. The molecule has 56 valence electrons. The van der Waals surface area contributed by atoms with Gasteiger partial charge in [-0.25, -0.2) is 0 Å². The molecule has 2 bridgehead atoms. The Kier molecular flexibility index (Phi) is 1.20. The summed E-state index contributed by atoms with van der Waals surface area (Å²) in [5.74, 6) is -0.210. The summed E-state index contributed by atoms with van der Waals surface area (Å²) in [4.78, 5) is 12.8. The lowest BCUT2D eigenvalue weighted by atomic mass is 9.93. The number of hydrogen-bond donors (Lipinski definition) is 1. The molecule has 0 spiro atoms. The molecule has 0 radical (unpaired) electrons. The molecule has 0 amide bonds. The van der Waals surface area contributed by atoms with Crippen LogP contribution < -0.4 is 0 Å². The van der Waals surface area contributed by atoms with E-state index in [0.717, 1.165) is 26.1 Å². The number of rotatable bonds is 1. The SMILES string of the molecule is O=C(O)C1CN2CC[C@H]1C2. The summed E-state index contributed by atoms with van der Waals surface area (Å²) in [6, 6.07) is 0. The predicted octanol–water partition coefficient (Wildman–Crippen LogP) is 0.0227. The lowest BCUT2D eigenvalue weighted by Gasteiger charge is -2.17. The van der Waals surface area contributed by atoms with Gasteiger partial charge in [-0.2, -0.15) is 0 Å². The Morgan fingerprint density at radius 2 is 2.30 bits per heavy atom. The highest BCUT2D eigenvalue weighted by Crippen LogP contribution is 2.32. The lowest BCUT2D eigenvalue weighted by molar-refractivity contribution is -0.143. The zero-order valence-electron chi connectivity index (χ0n) is 5.79. The Morgan fingerprint density at radius 3 is 2.60 bits per heavy atom. The predicted molar refractivity (Wildman–Crippen MR) is 35.7 cm³/mol. The fourth-order valence-corrected chi connectivity index (χ4v) is 2.06. The highest BCUT2D eigenvalue weighted by atomic mass is 16.4. The van der Waals surface area contributed by atoms with Crippen LogP contribution in [0.3, 0.4) is 0 Å². The van der Waals surface area contributed by atoms with Crippen molar-refractivity contribution in [3.8, 4) is 0 Å². The average Bonchev–Trinajstić information content (AvgIpc) is 2.44. The largest absolute Gasteiger partial charge is 0.481 e. The van der Waals surface area contributed by atoms with E-state index in [4.69, 9.17) is 5.11 Å². The quantitative estimate of drug-likeness (QED) is 0.559. The molecule has 0 aromatic rings. The van der Waals surface area contributed by atoms with E-state index >= 15 is 0 Å². The maximum absolute atomic E-state index is 10.6. The second-order valence-corrected chi connectivity index (χ2v) is 3.25. The van der Waals surface area contributed by atoms with Crippen LogP contribution in [0.15, 0.2) is 0 Å². The molecule has 10 heavy (non-hydrogen) atoms. The smallest absolute Gasteiger partial charge is 0.308 e. The minimum Gasteiger partial charge on any atom is -0.481 e. The normalized spacial score (nSPS) is 44.2. The van der Waals surface area contributed by atoms with Crippen molar-refractivity contribution >= 4 is 5.97 Å². The van der Waals surface area contributed by atoms with Crippen LogP contribution in [0.4, 0.5) is 0 Å². The van der Waals surface area contributed by atoms with Crippen LogP contribution in [-0.2, 0) is 4.79 Å². The summed E-state index contributed by atoms with van der Waals surface area (Å²) in [5.41, 5.74) is 0. The number of nitrogens with zero attached hydrogens (tertiary/aromatic N) is 1. The number of carbonyl (C=O) groups is 1. The molecule has 3 heteroatoms. The van der Waals surface area contributed by atoms with Crippen LogP contribution >= 0.6 is 0 Å². The third kappa shape index (κ3) is 0.736. The number of hydrogen-bond acceptors (Lipinski definition) is 2. The highest BCUT2D eigenvalue weighted by Gasteiger charge is 2.41. The van der Waals surface area contributed by atoms with E-state index in [0.29, 0.717) is 5.92 Å². The lowest BCUT2D eigenvalue weighted by Crippen LogP contribution is -2.28. The monoisotopic (exact) mass is 141 g/mol. The van der Waals surface area contributed by atoms with Crippen molar-refractivity contribution in [2.24, 2.45) is 11.8 Å². The van der Waals surface area contributed by atoms with Gasteiger partial charge in [0.25, 0.3) is 0 Å². The number of carboxylic acids is 1. The van der Waals surface area contributed by atoms with Crippen LogP contribution in [0.25, 0.3) is 0 Å². The van der Waals surface area contributed by atoms with Gasteiger partial charge < -0.3 is 10.0 Å². The van der Waals surface area contributed by atoms with Crippen molar-refractivity contribution < 1.29 is 9.90 Å². The van der Waals surface area contributed by atoms with Crippen molar-refractivity contribution in [3.05, 3.63) is 0 Å². The first-order valence-corrected chi connectivity index (χ1v) is 3.72. The molecule has 2 heterocycles. The first-order valence-electron chi connectivity index (χ1n) is 3.72. The van der Waals surface area contributed by atoms with E-state index in [-0.39, 0.29) is 5.92 Å². The Balaban J connectivity index is 2.08. The minimum absolute atomic E-state index is 0.0613. The average molecular weight is 141 g/mol. The summed E-state index contributed by atoms with van der Waals surface area (Å²) in [6.45, 7) is 2.94. The van der Waals surface area contributed by atoms with Gasteiger partial charge in [0.2, 0.25) is 0 Å². The van der Waals surface area contributed by atoms with Crippen molar-refractivity contribution in [3.63, 3.8) is 0 Å². The summed E-state index contributed by atoms with van der Waals surface area (Å²) in [6.07, 6.45) is 1.09. The molecule has 0 aromatic carbocycles. The second kappa shape index (κ2) is 1.95. The van der Waals surface area contributed by atoms with Gasteiger partial charge in [-0.1, -0.05) is 0 Å². The third-order valence-electron chi connectivity index (χ3n) is 2.65. The van der Waals surface area contributed by atoms with Crippen LogP contribution in [0.2, 0.25) is 0 Å². The second-order valence-electron chi connectivity index (χ2n) is 3.25. The number of aliphatic carboxylic acids is 1. The van der Waals surface area contributed by atoms with E-state index in [2.05, 4.69) is 4.90 Å². The molecular weight excluding hydrogens is 130 g/mol. The van der Waals surface area contributed by atoms with Gasteiger partial charge in [-0.05, 0) is 18.9 Å². The molecule has 2 rings (SSSR count). The molecule has 0 saturated carbocycles.